The Morgan fingerprint density at radius 3 is 1.83 bits per heavy atom. The van der Waals surface area contributed by atoms with Crippen LogP contribution in [0.5, 0.6) is 0 Å². The first-order valence-corrected chi connectivity index (χ1v) is 13.4. The summed E-state index contributed by atoms with van der Waals surface area (Å²) in [5.74, 6) is 0. The van der Waals surface area contributed by atoms with Crippen LogP contribution in [0, 0.1) is 0 Å². The lowest BCUT2D eigenvalue weighted by Gasteiger charge is -2.28. The number of rotatable bonds is 14. The summed E-state index contributed by atoms with van der Waals surface area (Å²) in [6.07, 6.45) is 1.85. The van der Waals surface area contributed by atoms with Gasteiger partial charge in [-0.05, 0) is 33.6 Å². The average molecular weight is 364 g/mol. The molecular formula is C15H35N2O4Si2. The van der Waals surface area contributed by atoms with Gasteiger partial charge in [-0.2, -0.15) is 0 Å². The summed E-state index contributed by atoms with van der Waals surface area (Å²) in [6.45, 7) is 13.5. The molecule has 0 aromatic carbocycles. The summed E-state index contributed by atoms with van der Waals surface area (Å²) in [5.41, 5.74) is 0. The van der Waals surface area contributed by atoms with Crippen molar-refractivity contribution in [3.63, 3.8) is 0 Å². The second kappa shape index (κ2) is 14.0. The molecule has 0 spiro atoms. The molecule has 2 N–H and O–H groups in total. The summed E-state index contributed by atoms with van der Waals surface area (Å²) < 4.78 is 17.4. The van der Waals surface area contributed by atoms with Gasteiger partial charge in [0, 0.05) is 47.8 Å². The second-order valence-corrected chi connectivity index (χ2v) is 11.2. The normalized spacial score (nSPS) is 11.7. The van der Waals surface area contributed by atoms with Crippen molar-refractivity contribution in [1.29, 1.82) is 0 Å². The smallest absolute Gasteiger partial charge is 0.374 e. The fourth-order valence-electron chi connectivity index (χ4n) is 2.21. The third-order valence-corrected chi connectivity index (χ3v) is 7.68. The first kappa shape index (κ1) is 22.6. The molecule has 8 heteroatoms. The van der Waals surface area contributed by atoms with Crippen LogP contribution in [0.1, 0.15) is 33.6 Å². The SMILES string of the molecule is CCO[Si](CCCNC(=O)NCCC[Si](C)C)(OCC)OCC. The average Bonchev–Trinajstić information content (AvgIpc) is 2.49. The molecule has 0 heterocycles. The molecule has 137 valence electrons. The van der Waals surface area contributed by atoms with Crippen molar-refractivity contribution in [2.45, 2.75) is 58.8 Å². The number of carbonyl (C=O) groups is 1. The molecule has 1 radical (unpaired) electrons. The summed E-state index contributed by atoms with van der Waals surface area (Å²) in [5, 5.41) is 5.78. The standard InChI is InChI=1S/C15H35N2O4Si2/c1-6-19-23(20-7-2,21-8-3)14-10-12-17-15(18)16-11-9-13-22(4)5/h6-14H2,1-5H3,(H2,16,17,18). The van der Waals surface area contributed by atoms with Crippen molar-refractivity contribution in [1.82, 2.24) is 10.6 Å². The van der Waals surface area contributed by atoms with Gasteiger partial charge in [0.05, 0.1) is 0 Å². The molecule has 0 aliphatic heterocycles. The van der Waals surface area contributed by atoms with Crippen LogP contribution in [0.4, 0.5) is 4.79 Å². The summed E-state index contributed by atoms with van der Waals surface area (Å²) >= 11 is 0. The van der Waals surface area contributed by atoms with E-state index in [-0.39, 0.29) is 14.8 Å². The molecule has 0 unspecified atom stereocenters. The molecule has 6 nitrogen and oxygen atoms in total. The van der Waals surface area contributed by atoms with Crippen LogP contribution in [0.3, 0.4) is 0 Å². The van der Waals surface area contributed by atoms with Crippen molar-refractivity contribution < 1.29 is 18.1 Å². The van der Waals surface area contributed by atoms with Gasteiger partial charge >= 0.3 is 14.8 Å². The van der Waals surface area contributed by atoms with E-state index < -0.39 is 8.80 Å². The van der Waals surface area contributed by atoms with Crippen LogP contribution in [0.25, 0.3) is 0 Å². The van der Waals surface area contributed by atoms with Gasteiger partial charge in [0.15, 0.2) is 0 Å². The third kappa shape index (κ3) is 11.7. The fourth-order valence-corrected chi connectivity index (χ4v) is 5.71. The zero-order valence-corrected chi connectivity index (χ0v) is 17.5. The quantitative estimate of drug-likeness (QED) is 0.368. The minimum absolute atomic E-state index is 0.0949. The van der Waals surface area contributed by atoms with Crippen LogP contribution in [0.2, 0.25) is 25.2 Å². The highest BCUT2D eigenvalue weighted by Crippen LogP contribution is 2.17. The van der Waals surface area contributed by atoms with Crippen LogP contribution in [0.15, 0.2) is 0 Å². The predicted molar refractivity (Wildman–Crippen MR) is 98.4 cm³/mol. The molecule has 0 aliphatic carbocycles. The van der Waals surface area contributed by atoms with Crippen LogP contribution < -0.4 is 10.6 Å². The number of amides is 2. The summed E-state index contributed by atoms with van der Waals surface area (Å²) in [4.78, 5) is 11.7. The van der Waals surface area contributed by atoms with E-state index in [1.54, 1.807) is 0 Å². The maximum Gasteiger partial charge on any atom is 0.500 e. The van der Waals surface area contributed by atoms with Gasteiger partial charge in [-0.25, -0.2) is 4.79 Å². The molecule has 0 saturated carbocycles. The Morgan fingerprint density at radius 2 is 1.39 bits per heavy atom. The predicted octanol–water partition coefficient (Wildman–Crippen LogP) is 2.87. The van der Waals surface area contributed by atoms with E-state index in [0.29, 0.717) is 26.4 Å². The van der Waals surface area contributed by atoms with Crippen LogP contribution in [-0.4, -0.2) is 56.5 Å². The van der Waals surface area contributed by atoms with E-state index >= 15 is 0 Å². The molecule has 0 fully saturated rings. The Morgan fingerprint density at radius 1 is 0.913 bits per heavy atom. The van der Waals surface area contributed by atoms with Gasteiger partial charge in [-0.3, -0.25) is 0 Å². The lowest BCUT2D eigenvalue weighted by atomic mass is 10.4. The van der Waals surface area contributed by atoms with Crippen LogP contribution >= 0.6 is 0 Å². The van der Waals surface area contributed by atoms with E-state index in [1.165, 1.54) is 6.04 Å². The van der Waals surface area contributed by atoms with Gasteiger partial charge in [0.25, 0.3) is 0 Å². The molecule has 2 amide bonds. The van der Waals surface area contributed by atoms with Crippen molar-refractivity contribution in [3.05, 3.63) is 0 Å². The Hall–Kier alpha value is -0.416. The van der Waals surface area contributed by atoms with E-state index in [9.17, 15) is 4.79 Å². The van der Waals surface area contributed by atoms with Gasteiger partial charge in [0.2, 0.25) is 0 Å². The highest BCUT2D eigenvalue weighted by atomic mass is 28.4. The Kier molecular flexibility index (Phi) is 13.7. The highest BCUT2D eigenvalue weighted by Gasteiger charge is 2.39. The minimum Gasteiger partial charge on any atom is -0.374 e. The van der Waals surface area contributed by atoms with Crippen molar-refractivity contribution in [2.75, 3.05) is 32.9 Å². The number of nitrogens with one attached hydrogen (secondary N) is 2. The Bertz CT molecular complexity index is 290. The van der Waals surface area contributed by atoms with Gasteiger partial charge in [0.1, 0.15) is 0 Å². The van der Waals surface area contributed by atoms with Crippen LogP contribution in [-0.2, 0) is 13.3 Å². The van der Waals surface area contributed by atoms with E-state index in [1.807, 2.05) is 20.8 Å². The number of urea groups is 1. The monoisotopic (exact) mass is 363 g/mol. The highest BCUT2D eigenvalue weighted by molar-refractivity contribution is 6.60. The Labute approximate surface area is 144 Å². The Balaban J connectivity index is 3.97. The maximum atomic E-state index is 11.7. The largest absolute Gasteiger partial charge is 0.500 e. The molecule has 0 saturated heterocycles. The van der Waals surface area contributed by atoms with E-state index in [0.717, 1.165) is 25.4 Å². The molecular weight excluding hydrogens is 328 g/mol. The number of hydrogen-bond donors (Lipinski definition) is 2. The third-order valence-electron chi connectivity index (χ3n) is 3.18. The van der Waals surface area contributed by atoms with Gasteiger partial charge in [-0.1, -0.05) is 19.1 Å². The lowest BCUT2D eigenvalue weighted by Crippen LogP contribution is -2.46. The molecule has 0 bridgehead atoms. The topological polar surface area (TPSA) is 68.8 Å². The second-order valence-electron chi connectivity index (χ2n) is 5.58. The molecule has 0 rings (SSSR count). The lowest BCUT2D eigenvalue weighted by molar-refractivity contribution is 0.0708. The molecule has 0 aromatic heterocycles. The zero-order valence-electron chi connectivity index (χ0n) is 15.5. The molecule has 0 aromatic rings. The molecule has 23 heavy (non-hydrogen) atoms. The van der Waals surface area contributed by atoms with Crippen molar-refractivity contribution in [3.8, 4) is 0 Å². The maximum absolute atomic E-state index is 11.7. The number of hydrogen-bond acceptors (Lipinski definition) is 4. The minimum atomic E-state index is -2.58. The van der Waals surface area contributed by atoms with E-state index in [2.05, 4.69) is 23.7 Å². The summed E-state index contributed by atoms with van der Waals surface area (Å²) in [7, 11) is -2.77. The van der Waals surface area contributed by atoms with E-state index in [4.69, 9.17) is 13.3 Å². The first-order valence-electron chi connectivity index (χ1n) is 8.72. The fraction of sp³-hybridized carbons (Fsp3) is 0.933. The molecule has 0 atom stereocenters. The first-order chi connectivity index (χ1) is 11.0. The van der Waals surface area contributed by atoms with Gasteiger partial charge in [-0.15, -0.1) is 0 Å². The zero-order chi connectivity index (χ0) is 17.6. The van der Waals surface area contributed by atoms with Crippen molar-refractivity contribution >= 4 is 23.6 Å². The van der Waals surface area contributed by atoms with Gasteiger partial charge < -0.3 is 23.9 Å². The summed E-state index contributed by atoms with van der Waals surface area (Å²) in [6, 6.07) is 1.86. The molecule has 0 aliphatic rings. The number of carbonyl (C=O) groups excluding carboxylic acids is 1. The van der Waals surface area contributed by atoms with Crippen molar-refractivity contribution in [2.24, 2.45) is 0 Å².